The van der Waals surface area contributed by atoms with Crippen molar-refractivity contribution in [2.24, 2.45) is 0 Å². The number of hydrogen-bond acceptors (Lipinski definition) is 3. The van der Waals surface area contributed by atoms with Crippen molar-refractivity contribution in [2.45, 2.75) is 13.8 Å². The Bertz CT molecular complexity index is 643. The summed E-state index contributed by atoms with van der Waals surface area (Å²) in [5.74, 6) is -0.792. The molecule has 1 N–H and O–H groups in total. The molecule has 3 heteroatoms. The molecule has 0 aliphatic rings. The summed E-state index contributed by atoms with van der Waals surface area (Å²) in [6, 6.07) is 11.9. The predicted molar refractivity (Wildman–Crippen MR) is 72.7 cm³/mol. The highest BCUT2D eigenvalue weighted by Crippen LogP contribution is 2.27. The Hall–Kier alpha value is -2.42. The lowest BCUT2D eigenvalue weighted by Crippen LogP contribution is -2.05. The molecule has 0 bridgehead atoms. The van der Waals surface area contributed by atoms with E-state index in [9.17, 15) is 14.7 Å². The van der Waals surface area contributed by atoms with E-state index < -0.39 is 0 Å². The smallest absolute Gasteiger partial charge is 0.196 e. The fraction of sp³-hybridized carbons (Fsp3) is 0.125. The number of aromatic hydroxyl groups is 1. The van der Waals surface area contributed by atoms with Crippen LogP contribution in [-0.4, -0.2) is 16.7 Å². The summed E-state index contributed by atoms with van der Waals surface area (Å²) in [7, 11) is 0. The third-order valence-electron chi connectivity index (χ3n) is 2.91. The topological polar surface area (TPSA) is 54.4 Å². The van der Waals surface area contributed by atoms with Gasteiger partial charge in [-0.05, 0) is 31.5 Å². The van der Waals surface area contributed by atoms with E-state index in [1.165, 1.54) is 6.92 Å². The molecule has 0 fully saturated rings. The van der Waals surface area contributed by atoms with E-state index in [0.29, 0.717) is 5.56 Å². The quantitative estimate of drug-likeness (QED) is 0.856. The first kappa shape index (κ1) is 13.0. The third-order valence-corrected chi connectivity index (χ3v) is 2.91. The summed E-state index contributed by atoms with van der Waals surface area (Å²) in [5.41, 5.74) is 1.59. The standard InChI is InChI=1S/C16H14O3/c1-10-8-13(11(2)17)16(19)14(9-10)15(18)12-6-4-3-5-7-12/h3-9,19H,1-2H3. The van der Waals surface area contributed by atoms with Crippen molar-refractivity contribution in [2.75, 3.05) is 0 Å². The van der Waals surface area contributed by atoms with Gasteiger partial charge in [0.1, 0.15) is 5.75 Å². The normalized spacial score (nSPS) is 10.2. The summed E-state index contributed by atoms with van der Waals surface area (Å²) in [6.07, 6.45) is 0. The molecule has 3 nitrogen and oxygen atoms in total. The zero-order valence-electron chi connectivity index (χ0n) is 10.8. The monoisotopic (exact) mass is 254 g/mol. The van der Waals surface area contributed by atoms with Crippen LogP contribution in [0.2, 0.25) is 0 Å². The fourth-order valence-electron chi connectivity index (χ4n) is 1.97. The second kappa shape index (κ2) is 5.06. The predicted octanol–water partition coefficient (Wildman–Crippen LogP) is 3.13. The average molecular weight is 254 g/mol. The molecule has 0 atom stereocenters. The maximum atomic E-state index is 12.3. The van der Waals surface area contributed by atoms with Crippen molar-refractivity contribution in [1.82, 2.24) is 0 Å². The Balaban J connectivity index is 2.57. The van der Waals surface area contributed by atoms with Crippen LogP contribution in [0.25, 0.3) is 0 Å². The SMILES string of the molecule is CC(=O)c1cc(C)cc(C(=O)c2ccccc2)c1O. The van der Waals surface area contributed by atoms with Gasteiger partial charge in [-0.1, -0.05) is 30.3 Å². The molecule has 19 heavy (non-hydrogen) atoms. The van der Waals surface area contributed by atoms with Gasteiger partial charge in [0, 0.05) is 5.56 Å². The molecular formula is C16H14O3. The Labute approximate surface area is 111 Å². The van der Waals surface area contributed by atoms with Crippen LogP contribution in [-0.2, 0) is 0 Å². The highest BCUT2D eigenvalue weighted by atomic mass is 16.3. The number of phenolic OH excluding ortho intramolecular Hbond substituents is 1. The number of carbonyl (C=O) groups excluding carboxylic acids is 2. The second-order valence-electron chi connectivity index (χ2n) is 4.46. The van der Waals surface area contributed by atoms with E-state index in [-0.39, 0.29) is 28.4 Å². The Morgan fingerprint density at radius 1 is 1.00 bits per heavy atom. The molecule has 0 aliphatic carbocycles. The molecular weight excluding hydrogens is 240 g/mol. The summed E-state index contributed by atoms with van der Waals surface area (Å²) in [6.45, 7) is 3.15. The van der Waals surface area contributed by atoms with Gasteiger partial charge < -0.3 is 5.11 Å². The van der Waals surface area contributed by atoms with Gasteiger partial charge in [-0.3, -0.25) is 9.59 Å². The van der Waals surface area contributed by atoms with E-state index in [1.807, 2.05) is 6.07 Å². The molecule has 0 saturated heterocycles. The van der Waals surface area contributed by atoms with Crippen LogP contribution >= 0.6 is 0 Å². The molecule has 0 spiro atoms. The summed E-state index contributed by atoms with van der Waals surface area (Å²) in [4.78, 5) is 23.8. The third kappa shape index (κ3) is 2.55. The van der Waals surface area contributed by atoms with Crippen molar-refractivity contribution in [3.8, 4) is 5.75 Å². The largest absolute Gasteiger partial charge is 0.506 e. The first-order chi connectivity index (χ1) is 9.00. The minimum absolute atomic E-state index is 0.163. The van der Waals surface area contributed by atoms with Gasteiger partial charge in [-0.25, -0.2) is 0 Å². The van der Waals surface area contributed by atoms with Crippen molar-refractivity contribution >= 4 is 11.6 Å². The van der Waals surface area contributed by atoms with Crippen molar-refractivity contribution in [1.29, 1.82) is 0 Å². The first-order valence-electron chi connectivity index (χ1n) is 5.95. The Morgan fingerprint density at radius 3 is 2.16 bits per heavy atom. The van der Waals surface area contributed by atoms with Crippen LogP contribution in [0.5, 0.6) is 5.75 Å². The van der Waals surface area contributed by atoms with Crippen LogP contribution in [0, 0.1) is 6.92 Å². The lowest BCUT2D eigenvalue weighted by atomic mass is 9.96. The molecule has 0 saturated carbocycles. The number of hydrogen-bond donors (Lipinski definition) is 1. The van der Waals surface area contributed by atoms with Gasteiger partial charge in [0.2, 0.25) is 0 Å². The van der Waals surface area contributed by atoms with Crippen molar-refractivity contribution < 1.29 is 14.7 Å². The van der Waals surface area contributed by atoms with Gasteiger partial charge >= 0.3 is 0 Å². The summed E-state index contributed by atoms with van der Waals surface area (Å²) < 4.78 is 0. The molecule has 96 valence electrons. The Kier molecular flexibility index (Phi) is 3.47. The molecule has 0 heterocycles. The van der Waals surface area contributed by atoms with Crippen LogP contribution < -0.4 is 0 Å². The number of aryl methyl sites for hydroxylation is 1. The minimum atomic E-state index is -0.288. The number of Topliss-reactive ketones (excluding diaryl/α,β-unsaturated/α-hetero) is 1. The minimum Gasteiger partial charge on any atom is -0.506 e. The Morgan fingerprint density at radius 2 is 1.58 bits per heavy atom. The van der Waals surface area contributed by atoms with Gasteiger partial charge in [0.15, 0.2) is 11.6 Å². The van der Waals surface area contributed by atoms with Crippen molar-refractivity contribution in [3.63, 3.8) is 0 Å². The van der Waals surface area contributed by atoms with Crippen LogP contribution in [0.3, 0.4) is 0 Å². The van der Waals surface area contributed by atoms with Gasteiger partial charge in [0.25, 0.3) is 0 Å². The van der Waals surface area contributed by atoms with Gasteiger partial charge in [0.05, 0.1) is 11.1 Å². The van der Waals surface area contributed by atoms with E-state index in [0.717, 1.165) is 5.56 Å². The maximum Gasteiger partial charge on any atom is 0.196 e. The molecule has 0 unspecified atom stereocenters. The number of carbonyl (C=O) groups is 2. The van der Waals surface area contributed by atoms with E-state index in [2.05, 4.69) is 0 Å². The van der Waals surface area contributed by atoms with E-state index in [1.54, 1.807) is 43.3 Å². The molecule has 0 aliphatic heterocycles. The second-order valence-corrected chi connectivity index (χ2v) is 4.46. The lowest BCUT2D eigenvalue weighted by molar-refractivity contribution is 0.101. The number of ketones is 2. The number of rotatable bonds is 3. The maximum absolute atomic E-state index is 12.3. The van der Waals surface area contributed by atoms with Crippen molar-refractivity contribution in [3.05, 3.63) is 64.7 Å². The molecule has 0 aromatic heterocycles. The van der Waals surface area contributed by atoms with E-state index in [4.69, 9.17) is 0 Å². The van der Waals surface area contributed by atoms with Crippen LogP contribution in [0.15, 0.2) is 42.5 Å². The average Bonchev–Trinajstić information content (AvgIpc) is 2.41. The lowest BCUT2D eigenvalue weighted by Gasteiger charge is -2.09. The zero-order valence-corrected chi connectivity index (χ0v) is 10.8. The highest BCUT2D eigenvalue weighted by molar-refractivity contribution is 6.13. The zero-order chi connectivity index (χ0) is 14.0. The first-order valence-corrected chi connectivity index (χ1v) is 5.95. The number of benzene rings is 2. The summed E-state index contributed by atoms with van der Waals surface area (Å²) in [5, 5.41) is 10.1. The fourth-order valence-corrected chi connectivity index (χ4v) is 1.97. The highest BCUT2D eigenvalue weighted by Gasteiger charge is 2.18. The van der Waals surface area contributed by atoms with Crippen LogP contribution in [0.4, 0.5) is 0 Å². The molecule has 0 radical (unpaired) electrons. The number of phenols is 1. The van der Waals surface area contributed by atoms with Gasteiger partial charge in [-0.2, -0.15) is 0 Å². The molecule has 2 aromatic rings. The van der Waals surface area contributed by atoms with Crippen LogP contribution in [0.1, 0.15) is 38.8 Å². The molecule has 2 aromatic carbocycles. The van der Waals surface area contributed by atoms with Gasteiger partial charge in [-0.15, -0.1) is 0 Å². The molecule has 2 rings (SSSR count). The molecule has 0 amide bonds. The van der Waals surface area contributed by atoms with E-state index >= 15 is 0 Å². The summed E-state index contributed by atoms with van der Waals surface area (Å²) >= 11 is 0.